The van der Waals surface area contributed by atoms with Gasteiger partial charge in [0, 0.05) is 25.2 Å². The summed E-state index contributed by atoms with van der Waals surface area (Å²) in [6.07, 6.45) is 0. The van der Waals surface area contributed by atoms with Crippen molar-refractivity contribution in [1.29, 1.82) is 0 Å². The van der Waals surface area contributed by atoms with Gasteiger partial charge in [0.15, 0.2) is 0 Å². The molecule has 0 unspecified atom stereocenters. The highest BCUT2D eigenvalue weighted by Crippen LogP contribution is 2.09. The summed E-state index contributed by atoms with van der Waals surface area (Å²) in [5, 5.41) is 6.19. The number of halogens is 1. The predicted octanol–water partition coefficient (Wildman–Crippen LogP) is -0.164. The molecule has 1 fully saturated rings. The second-order valence-corrected chi connectivity index (χ2v) is 3.69. The number of piperazine rings is 1. The first-order chi connectivity index (χ1) is 6.16. The first kappa shape index (κ1) is 13.7. The molecule has 4 nitrogen and oxygen atoms in total. The summed E-state index contributed by atoms with van der Waals surface area (Å²) in [7, 11) is 1.80. The summed E-state index contributed by atoms with van der Waals surface area (Å²) in [6.45, 7) is 6.40. The highest BCUT2D eigenvalue weighted by atomic mass is 35.5. The molecule has 1 heterocycles. The SMILES string of the molecule is CNCC(=O)N1[C@H](C)CNC[C@@H]1C.Cl. The molecule has 1 aliphatic rings. The molecule has 1 rings (SSSR count). The number of nitrogens with one attached hydrogen (secondary N) is 2. The molecule has 0 saturated carbocycles. The average Bonchev–Trinajstić information content (AvgIpc) is 2.04. The number of hydrogen-bond acceptors (Lipinski definition) is 3. The van der Waals surface area contributed by atoms with E-state index in [0.717, 1.165) is 13.1 Å². The van der Waals surface area contributed by atoms with Gasteiger partial charge in [0.05, 0.1) is 6.54 Å². The molecule has 14 heavy (non-hydrogen) atoms. The quantitative estimate of drug-likeness (QED) is 0.681. The first-order valence-electron chi connectivity index (χ1n) is 4.83. The number of amides is 1. The normalized spacial score (nSPS) is 26.9. The minimum absolute atomic E-state index is 0. The van der Waals surface area contributed by atoms with Gasteiger partial charge in [0.25, 0.3) is 0 Å². The van der Waals surface area contributed by atoms with Gasteiger partial charge in [-0.3, -0.25) is 4.79 Å². The average molecular weight is 222 g/mol. The molecular formula is C9H20ClN3O. The minimum atomic E-state index is 0. The summed E-state index contributed by atoms with van der Waals surface area (Å²) in [4.78, 5) is 13.6. The Balaban J connectivity index is 0.00000169. The number of nitrogens with zero attached hydrogens (tertiary/aromatic N) is 1. The van der Waals surface area contributed by atoms with Crippen molar-refractivity contribution in [3.8, 4) is 0 Å². The molecule has 0 spiro atoms. The molecule has 0 aromatic heterocycles. The van der Waals surface area contributed by atoms with Gasteiger partial charge in [-0.2, -0.15) is 0 Å². The Morgan fingerprint density at radius 1 is 1.43 bits per heavy atom. The fraction of sp³-hybridized carbons (Fsp3) is 0.889. The first-order valence-corrected chi connectivity index (χ1v) is 4.83. The van der Waals surface area contributed by atoms with Crippen LogP contribution in [0.15, 0.2) is 0 Å². The molecule has 0 aliphatic carbocycles. The third-order valence-electron chi connectivity index (χ3n) is 2.45. The standard InChI is InChI=1S/C9H19N3O.ClH/c1-7-4-11-5-8(2)12(7)9(13)6-10-3;/h7-8,10-11H,4-6H2,1-3H3;1H/t7-,8+;. The maximum absolute atomic E-state index is 11.7. The Labute approximate surface area is 91.8 Å². The van der Waals surface area contributed by atoms with Crippen molar-refractivity contribution in [2.75, 3.05) is 26.7 Å². The van der Waals surface area contributed by atoms with E-state index in [1.807, 2.05) is 4.90 Å². The van der Waals surface area contributed by atoms with Gasteiger partial charge < -0.3 is 15.5 Å². The van der Waals surface area contributed by atoms with Crippen LogP contribution in [0.1, 0.15) is 13.8 Å². The van der Waals surface area contributed by atoms with E-state index in [1.165, 1.54) is 0 Å². The maximum Gasteiger partial charge on any atom is 0.237 e. The fourth-order valence-electron chi connectivity index (χ4n) is 1.87. The van der Waals surface area contributed by atoms with E-state index >= 15 is 0 Å². The zero-order chi connectivity index (χ0) is 9.84. The van der Waals surface area contributed by atoms with E-state index in [1.54, 1.807) is 7.05 Å². The van der Waals surface area contributed by atoms with Crippen LogP contribution in [0, 0.1) is 0 Å². The monoisotopic (exact) mass is 221 g/mol. The van der Waals surface area contributed by atoms with Gasteiger partial charge in [-0.05, 0) is 20.9 Å². The Morgan fingerprint density at radius 3 is 2.36 bits per heavy atom. The molecular weight excluding hydrogens is 202 g/mol. The lowest BCUT2D eigenvalue weighted by Gasteiger charge is -2.39. The summed E-state index contributed by atoms with van der Waals surface area (Å²) in [5.41, 5.74) is 0. The van der Waals surface area contributed by atoms with Gasteiger partial charge >= 0.3 is 0 Å². The minimum Gasteiger partial charge on any atom is -0.334 e. The smallest absolute Gasteiger partial charge is 0.237 e. The van der Waals surface area contributed by atoms with Crippen molar-refractivity contribution >= 4 is 18.3 Å². The third-order valence-corrected chi connectivity index (χ3v) is 2.45. The van der Waals surface area contributed by atoms with Crippen LogP contribution in [0.4, 0.5) is 0 Å². The molecule has 1 aliphatic heterocycles. The van der Waals surface area contributed by atoms with E-state index in [4.69, 9.17) is 0 Å². The molecule has 0 bridgehead atoms. The number of rotatable bonds is 2. The zero-order valence-electron chi connectivity index (χ0n) is 9.04. The van der Waals surface area contributed by atoms with Crippen molar-refractivity contribution < 1.29 is 4.79 Å². The largest absolute Gasteiger partial charge is 0.334 e. The van der Waals surface area contributed by atoms with Gasteiger partial charge in [-0.15, -0.1) is 12.4 Å². The van der Waals surface area contributed by atoms with Gasteiger partial charge in [-0.1, -0.05) is 0 Å². The molecule has 2 N–H and O–H groups in total. The van der Waals surface area contributed by atoms with Crippen LogP contribution in [-0.4, -0.2) is 49.6 Å². The highest BCUT2D eigenvalue weighted by Gasteiger charge is 2.27. The predicted molar refractivity (Wildman–Crippen MR) is 59.8 cm³/mol. The number of likely N-dealkylation sites (N-methyl/N-ethyl adjacent to an activating group) is 1. The summed E-state index contributed by atoms with van der Waals surface area (Å²) >= 11 is 0. The number of carbonyl (C=O) groups excluding carboxylic acids is 1. The van der Waals surface area contributed by atoms with Crippen LogP contribution in [-0.2, 0) is 4.79 Å². The summed E-state index contributed by atoms with van der Waals surface area (Å²) < 4.78 is 0. The van der Waals surface area contributed by atoms with Crippen molar-refractivity contribution in [2.24, 2.45) is 0 Å². The number of carbonyl (C=O) groups is 1. The molecule has 5 heteroatoms. The number of hydrogen-bond donors (Lipinski definition) is 2. The lowest BCUT2D eigenvalue weighted by Crippen LogP contribution is -2.58. The lowest BCUT2D eigenvalue weighted by molar-refractivity contribution is -0.135. The Morgan fingerprint density at radius 2 is 1.93 bits per heavy atom. The molecule has 84 valence electrons. The van der Waals surface area contributed by atoms with E-state index in [2.05, 4.69) is 24.5 Å². The highest BCUT2D eigenvalue weighted by molar-refractivity contribution is 5.85. The Kier molecular flexibility index (Phi) is 6.08. The van der Waals surface area contributed by atoms with Crippen LogP contribution < -0.4 is 10.6 Å². The molecule has 0 aromatic rings. The maximum atomic E-state index is 11.7. The van der Waals surface area contributed by atoms with Crippen LogP contribution in [0.25, 0.3) is 0 Å². The molecule has 0 radical (unpaired) electrons. The van der Waals surface area contributed by atoms with E-state index in [0.29, 0.717) is 18.6 Å². The van der Waals surface area contributed by atoms with E-state index in [9.17, 15) is 4.79 Å². The molecule has 2 atom stereocenters. The van der Waals surface area contributed by atoms with Crippen LogP contribution in [0.3, 0.4) is 0 Å². The molecule has 1 amide bonds. The van der Waals surface area contributed by atoms with Gasteiger partial charge in [-0.25, -0.2) is 0 Å². The summed E-state index contributed by atoms with van der Waals surface area (Å²) in [6, 6.07) is 0.620. The van der Waals surface area contributed by atoms with E-state index in [-0.39, 0.29) is 18.3 Å². The van der Waals surface area contributed by atoms with Crippen molar-refractivity contribution in [1.82, 2.24) is 15.5 Å². The fourth-order valence-corrected chi connectivity index (χ4v) is 1.87. The van der Waals surface area contributed by atoms with Gasteiger partial charge in [0.1, 0.15) is 0 Å². The van der Waals surface area contributed by atoms with E-state index < -0.39 is 0 Å². The second-order valence-electron chi connectivity index (χ2n) is 3.69. The van der Waals surface area contributed by atoms with Crippen LogP contribution in [0.5, 0.6) is 0 Å². The lowest BCUT2D eigenvalue weighted by atomic mass is 10.1. The Hall–Kier alpha value is -0.320. The second kappa shape index (κ2) is 6.22. The molecule has 0 aromatic carbocycles. The molecule has 1 saturated heterocycles. The van der Waals surface area contributed by atoms with Crippen LogP contribution in [0.2, 0.25) is 0 Å². The van der Waals surface area contributed by atoms with Crippen LogP contribution >= 0.6 is 12.4 Å². The topological polar surface area (TPSA) is 44.4 Å². The van der Waals surface area contributed by atoms with Gasteiger partial charge in [0.2, 0.25) is 5.91 Å². The third kappa shape index (κ3) is 3.12. The van der Waals surface area contributed by atoms with Crippen molar-refractivity contribution in [3.63, 3.8) is 0 Å². The zero-order valence-corrected chi connectivity index (χ0v) is 9.86. The summed E-state index contributed by atoms with van der Waals surface area (Å²) in [5.74, 6) is 0.198. The van der Waals surface area contributed by atoms with Crippen molar-refractivity contribution in [2.45, 2.75) is 25.9 Å². The Bertz CT molecular complexity index is 179. The van der Waals surface area contributed by atoms with Crippen molar-refractivity contribution in [3.05, 3.63) is 0 Å².